The zero-order chi connectivity index (χ0) is 35.6. The normalized spacial score (nSPS) is 13.0. The van der Waals surface area contributed by atoms with Crippen LogP contribution in [-0.2, 0) is 14.3 Å². The molecule has 0 aromatic heterocycles. The lowest BCUT2D eigenvalue weighted by Gasteiger charge is -2.30. The quantitative estimate of drug-likeness (QED) is 0.0326. The molecule has 0 bridgehead atoms. The number of aliphatic hydroxyl groups is 4. The fraction of sp³-hybridized carbons (Fsp3) is 0.950. The number of carbonyl (C=O) groups is 2. The lowest BCUT2D eigenvalue weighted by Crippen LogP contribution is -2.57. The van der Waals surface area contributed by atoms with Gasteiger partial charge in [-0.3, -0.25) is 9.59 Å². The Morgan fingerprint density at radius 2 is 0.854 bits per heavy atom. The Hall–Kier alpha value is -1.22. The number of amides is 1. The van der Waals surface area contributed by atoms with Gasteiger partial charge in [-0.1, -0.05) is 155 Å². The second kappa shape index (κ2) is 34.2. The molecule has 0 aliphatic rings. The molecule has 0 heterocycles. The van der Waals surface area contributed by atoms with Gasteiger partial charge in [0.15, 0.2) is 0 Å². The predicted octanol–water partition coefficient (Wildman–Crippen LogP) is 8.83. The van der Waals surface area contributed by atoms with Crippen molar-refractivity contribution in [3.05, 3.63) is 0 Å². The van der Waals surface area contributed by atoms with E-state index >= 15 is 0 Å². The zero-order valence-corrected chi connectivity index (χ0v) is 31.5. The first-order valence-corrected chi connectivity index (χ1v) is 20.4. The van der Waals surface area contributed by atoms with E-state index in [1.54, 1.807) is 0 Å². The van der Waals surface area contributed by atoms with Crippen molar-refractivity contribution < 1.29 is 34.8 Å². The highest BCUT2D eigenvalue weighted by Gasteiger charge is 2.32. The smallest absolute Gasteiger partial charge is 0.305 e. The lowest BCUT2D eigenvalue weighted by molar-refractivity contribution is -0.149. The van der Waals surface area contributed by atoms with Crippen molar-refractivity contribution in [1.82, 2.24) is 5.32 Å². The summed E-state index contributed by atoms with van der Waals surface area (Å²) in [5, 5.41) is 42.8. The number of esters is 1. The zero-order valence-electron chi connectivity index (χ0n) is 31.5. The summed E-state index contributed by atoms with van der Waals surface area (Å²) in [6.07, 6.45) is 30.6. The molecule has 2 atom stereocenters. The molecule has 0 aliphatic carbocycles. The topological polar surface area (TPSA) is 136 Å². The van der Waals surface area contributed by atoms with E-state index in [1.165, 1.54) is 64.2 Å². The minimum absolute atomic E-state index is 0.174. The van der Waals surface area contributed by atoms with Gasteiger partial charge in [0.05, 0.1) is 25.4 Å². The number of unbranched alkanes of at least 4 members (excludes halogenated alkanes) is 20. The second-order valence-electron chi connectivity index (χ2n) is 14.5. The monoisotopic (exact) mass is 686 g/mol. The maximum atomic E-state index is 12.5. The Morgan fingerprint density at radius 1 is 0.521 bits per heavy atom. The van der Waals surface area contributed by atoms with E-state index in [-0.39, 0.29) is 37.1 Å². The van der Waals surface area contributed by atoms with Crippen molar-refractivity contribution in [3.63, 3.8) is 0 Å². The summed E-state index contributed by atoms with van der Waals surface area (Å²) in [5.41, 5.74) is -1.37. The Bertz CT molecular complexity index is 716. The van der Waals surface area contributed by atoms with Crippen LogP contribution in [0.5, 0.6) is 0 Å². The third kappa shape index (κ3) is 29.7. The molecule has 2 unspecified atom stereocenters. The van der Waals surface area contributed by atoms with Gasteiger partial charge in [-0.2, -0.15) is 0 Å². The molecule has 0 radical (unpaired) electrons. The first-order chi connectivity index (χ1) is 23.3. The lowest BCUT2D eigenvalue weighted by atomic mass is 10.0. The van der Waals surface area contributed by atoms with Gasteiger partial charge in [-0.15, -0.1) is 0 Å². The van der Waals surface area contributed by atoms with E-state index in [0.29, 0.717) is 6.42 Å². The molecule has 286 valence electrons. The summed E-state index contributed by atoms with van der Waals surface area (Å²) < 4.78 is 5.34. The van der Waals surface area contributed by atoms with Crippen LogP contribution in [0.2, 0.25) is 0 Å². The SMILES string of the molecule is CCCCCCCCC(O)CCCCCCCCC(=O)NC(CO)(CO)COC(=O)CCCCCCCCC(O)CCCCCCCC. The molecule has 0 aliphatic heterocycles. The number of hydrogen-bond acceptors (Lipinski definition) is 7. The second-order valence-corrected chi connectivity index (χ2v) is 14.5. The summed E-state index contributed by atoms with van der Waals surface area (Å²) in [6.45, 7) is 3.17. The van der Waals surface area contributed by atoms with Crippen molar-refractivity contribution in [3.8, 4) is 0 Å². The maximum absolute atomic E-state index is 12.5. The van der Waals surface area contributed by atoms with Gasteiger partial charge in [0, 0.05) is 12.8 Å². The number of ether oxygens (including phenoxy) is 1. The van der Waals surface area contributed by atoms with E-state index in [9.17, 15) is 30.0 Å². The summed E-state index contributed by atoms with van der Waals surface area (Å²) in [6, 6.07) is 0. The standard InChI is InChI=1S/C40H79NO7/c1-3-5-7-9-15-21-27-36(44)29-23-17-11-13-19-25-31-38(46)41-40(33-42,34-43)35-48-39(47)32-26-20-14-12-18-24-30-37(45)28-22-16-10-8-6-4-2/h36-37,42-45H,3-35H2,1-2H3,(H,41,46). The molecular formula is C40H79NO7. The molecule has 0 spiro atoms. The van der Waals surface area contributed by atoms with Crippen LogP contribution in [-0.4, -0.2) is 69.9 Å². The minimum Gasteiger partial charge on any atom is -0.463 e. The fourth-order valence-corrected chi connectivity index (χ4v) is 6.24. The van der Waals surface area contributed by atoms with Crippen LogP contribution in [0.25, 0.3) is 0 Å². The predicted molar refractivity (Wildman–Crippen MR) is 198 cm³/mol. The average Bonchev–Trinajstić information content (AvgIpc) is 3.08. The molecule has 0 saturated carbocycles. The molecule has 0 saturated heterocycles. The average molecular weight is 686 g/mol. The van der Waals surface area contributed by atoms with Gasteiger partial charge < -0.3 is 30.5 Å². The van der Waals surface area contributed by atoms with Crippen molar-refractivity contribution in [2.75, 3.05) is 19.8 Å². The van der Waals surface area contributed by atoms with E-state index in [4.69, 9.17) is 4.74 Å². The summed E-state index contributed by atoms with van der Waals surface area (Å²) in [4.78, 5) is 24.8. The molecule has 8 heteroatoms. The molecule has 0 fully saturated rings. The van der Waals surface area contributed by atoms with Crippen molar-refractivity contribution in [1.29, 1.82) is 0 Å². The van der Waals surface area contributed by atoms with Crippen LogP contribution in [0, 0.1) is 0 Å². The maximum Gasteiger partial charge on any atom is 0.305 e. The van der Waals surface area contributed by atoms with Crippen LogP contribution < -0.4 is 5.32 Å². The Kier molecular flexibility index (Phi) is 33.4. The Morgan fingerprint density at radius 3 is 1.23 bits per heavy atom. The first kappa shape index (κ1) is 46.8. The van der Waals surface area contributed by atoms with Crippen molar-refractivity contribution in [2.24, 2.45) is 0 Å². The number of carbonyl (C=O) groups excluding carboxylic acids is 2. The summed E-state index contributed by atoms with van der Waals surface area (Å²) in [7, 11) is 0. The van der Waals surface area contributed by atoms with Crippen LogP contribution in [0.15, 0.2) is 0 Å². The van der Waals surface area contributed by atoms with Gasteiger partial charge in [0.25, 0.3) is 0 Å². The van der Waals surface area contributed by atoms with Crippen molar-refractivity contribution in [2.45, 2.75) is 224 Å². The Labute approximate surface area is 295 Å². The minimum atomic E-state index is -1.37. The molecule has 0 aromatic rings. The summed E-state index contributed by atoms with van der Waals surface area (Å²) in [5.74, 6) is -0.648. The van der Waals surface area contributed by atoms with Crippen LogP contribution in [0.4, 0.5) is 0 Å². The number of nitrogens with one attached hydrogen (secondary N) is 1. The van der Waals surface area contributed by atoms with Crippen LogP contribution >= 0.6 is 0 Å². The first-order valence-electron chi connectivity index (χ1n) is 20.4. The van der Waals surface area contributed by atoms with Gasteiger partial charge in [0.1, 0.15) is 12.1 Å². The van der Waals surface area contributed by atoms with Gasteiger partial charge in [0.2, 0.25) is 5.91 Å². The molecule has 0 rings (SSSR count). The van der Waals surface area contributed by atoms with Gasteiger partial charge in [-0.05, 0) is 38.5 Å². The largest absolute Gasteiger partial charge is 0.463 e. The molecule has 8 nitrogen and oxygen atoms in total. The van der Waals surface area contributed by atoms with E-state index in [1.807, 2.05) is 0 Å². The highest BCUT2D eigenvalue weighted by atomic mass is 16.5. The fourth-order valence-electron chi connectivity index (χ4n) is 6.24. The number of hydrogen-bond donors (Lipinski definition) is 5. The molecule has 5 N–H and O–H groups in total. The molecule has 48 heavy (non-hydrogen) atoms. The number of rotatable bonds is 37. The van der Waals surface area contributed by atoms with E-state index < -0.39 is 18.8 Å². The van der Waals surface area contributed by atoms with Crippen molar-refractivity contribution >= 4 is 11.9 Å². The third-order valence-electron chi connectivity index (χ3n) is 9.66. The van der Waals surface area contributed by atoms with Gasteiger partial charge >= 0.3 is 5.97 Å². The third-order valence-corrected chi connectivity index (χ3v) is 9.66. The number of aliphatic hydroxyl groups excluding tert-OH is 4. The molecule has 0 aromatic carbocycles. The van der Waals surface area contributed by atoms with Crippen LogP contribution in [0.1, 0.15) is 206 Å². The Balaban J connectivity index is 3.86. The molecule has 1 amide bonds. The highest BCUT2D eigenvalue weighted by Crippen LogP contribution is 2.17. The van der Waals surface area contributed by atoms with E-state index in [2.05, 4.69) is 19.2 Å². The molecular weight excluding hydrogens is 606 g/mol. The van der Waals surface area contributed by atoms with Crippen LogP contribution in [0.3, 0.4) is 0 Å². The highest BCUT2D eigenvalue weighted by molar-refractivity contribution is 5.77. The summed E-state index contributed by atoms with van der Waals surface area (Å²) >= 11 is 0. The van der Waals surface area contributed by atoms with Gasteiger partial charge in [-0.25, -0.2) is 0 Å². The van der Waals surface area contributed by atoms with E-state index in [0.717, 1.165) is 116 Å².